The third kappa shape index (κ3) is 4.30. The van der Waals surface area contributed by atoms with E-state index in [4.69, 9.17) is 11.6 Å². The highest BCUT2D eigenvalue weighted by atomic mass is 35.5. The predicted octanol–water partition coefficient (Wildman–Crippen LogP) is 4.83. The number of aromatic nitrogens is 4. The van der Waals surface area contributed by atoms with Gasteiger partial charge in [-0.25, -0.2) is 18.4 Å². The van der Waals surface area contributed by atoms with Crippen LogP contribution in [0.1, 0.15) is 42.6 Å². The van der Waals surface area contributed by atoms with Crippen molar-refractivity contribution in [2.24, 2.45) is 0 Å². The van der Waals surface area contributed by atoms with E-state index >= 15 is 0 Å². The first kappa shape index (κ1) is 18.8. The fourth-order valence-corrected chi connectivity index (χ4v) is 3.45. The van der Waals surface area contributed by atoms with Gasteiger partial charge in [0.1, 0.15) is 11.5 Å². The van der Waals surface area contributed by atoms with E-state index in [1.54, 1.807) is 0 Å². The van der Waals surface area contributed by atoms with Gasteiger partial charge in [0.05, 0.1) is 5.69 Å². The van der Waals surface area contributed by atoms with Crippen molar-refractivity contribution >= 4 is 17.4 Å². The van der Waals surface area contributed by atoms with E-state index in [1.165, 1.54) is 23.4 Å². The molecule has 28 heavy (non-hydrogen) atoms. The number of nitrogens with zero attached hydrogens (tertiary/aromatic N) is 5. The normalized spacial score (nSPS) is 14.6. The molecule has 0 radical (unpaired) electrons. The number of piperidine rings is 1. The van der Waals surface area contributed by atoms with Gasteiger partial charge in [-0.2, -0.15) is 10.1 Å². The lowest BCUT2D eigenvalue weighted by atomic mass is 10.1. The molecule has 0 atom stereocenters. The zero-order valence-corrected chi connectivity index (χ0v) is 16.0. The summed E-state index contributed by atoms with van der Waals surface area (Å²) in [6, 6.07) is 10.8. The van der Waals surface area contributed by atoms with Crippen LogP contribution >= 0.6 is 11.6 Å². The van der Waals surface area contributed by atoms with Crippen LogP contribution < -0.4 is 4.90 Å². The SMILES string of the molecule is FC(F)c1ccn(-c2nc(Cc3ccc(Cl)cc3)cc(N3CCCCC3)n2)n1. The minimum atomic E-state index is -2.62. The van der Waals surface area contributed by atoms with Gasteiger partial charge in [0.2, 0.25) is 0 Å². The van der Waals surface area contributed by atoms with Crippen molar-refractivity contribution in [3.05, 3.63) is 64.6 Å². The van der Waals surface area contributed by atoms with Crippen LogP contribution in [0.3, 0.4) is 0 Å². The van der Waals surface area contributed by atoms with Crippen LogP contribution in [0.4, 0.5) is 14.6 Å². The molecule has 0 bridgehead atoms. The first-order chi connectivity index (χ1) is 13.6. The van der Waals surface area contributed by atoms with Gasteiger partial charge in [0.15, 0.2) is 0 Å². The number of anilines is 1. The largest absolute Gasteiger partial charge is 0.356 e. The van der Waals surface area contributed by atoms with Gasteiger partial charge in [0.25, 0.3) is 12.4 Å². The maximum atomic E-state index is 12.9. The third-order valence-corrected chi connectivity index (χ3v) is 5.02. The van der Waals surface area contributed by atoms with E-state index in [-0.39, 0.29) is 5.69 Å². The van der Waals surface area contributed by atoms with E-state index in [1.807, 2.05) is 30.3 Å². The molecular formula is C20H20ClF2N5. The molecule has 0 unspecified atom stereocenters. The second-order valence-electron chi connectivity index (χ2n) is 6.85. The van der Waals surface area contributed by atoms with Crippen molar-refractivity contribution in [3.8, 4) is 5.95 Å². The average Bonchev–Trinajstić information content (AvgIpc) is 3.21. The number of halogens is 3. The van der Waals surface area contributed by atoms with Crippen LogP contribution in [0.25, 0.3) is 5.95 Å². The second kappa shape index (κ2) is 8.22. The Labute approximate surface area is 167 Å². The first-order valence-electron chi connectivity index (χ1n) is 9.30. The smallest absolute Gasteiger partial charge is 0.282 e. The summed E-state index contributed by atoms with van der Waals surface area (Å²) >= 11 is 5.97. The number of rotatable bonds is 5. The molecule has 146 valence electrons. The summed E-state index contributed by atoms with van der Waals surface area (Å²) < 4.78 is 27.2. The van der Waals surface area contributed by atoms with Gasteiger partial charge in [-0.3, -0.25) is 0 Å². The van der Waals surface area contributed by atoms with Crippen LogP contribution in [0, 0.1) is 0 Å². The highest BCUT2D eigenvalue weighted by Crippen LogP contribution is 2.22. The van der Waals surface area contributed by atoms with Crippen LogP contribution in [0.5, 0.6) is 0 Å². The number of hydrogen-bond acceptors (Lipinski definition) is 4. The lowest BCUT2D eigenvalue weighted by molar-refractivity contribution is 0.145. The second-order valence-corrected chi connectivity index (χ2v) is 7.29. The van der Waals surface area contributed by atoms with Gasteiger partial charge in [-0.1, -0.05) is 23.7 Å². The molecule has 8 heteroatoms. The molecule has 0 amide bonds. The summed E-state index contributed by atoms with van der Waals surface area (Å²) in [4.78, 5) is 11.4. The molecule has 2 aromatic heterocycles. The standard InChI is InChI=1S/C20H20ClF2N5/c21-15-6-4-14(5-7-15)12-16-13-18(27-9-2-1-3-10-27)25-20(24-16)28-11-8-17(26-28)19(22)23/h4-8,11,13,19H,1-3,9-10,12H2. The molecule has 0 spiro atoms. The monoisotopic (exact) mass is 403 g/mol. The zero-order chi connectivity index (χ0) is 19.5. The fourth-order valence-electron chi connectivity index (χ4n) is 3.32. The summed E-state index contributed by atoms with van der Waals surface area (Å²) in [5.74, 6) is 1.11. The van der Waals surface area contributed by atoms with Crippen molar-refractivity contribution in [1.29, 1.82) is 0 Å². The minimum Gasteiger partial charge on any atom is -0.356 e. The Hall–Kier alpha value is -2.54. The quantitative estimate of drug-likeness (QED) is 0.612. The Kier molecular flexibility index (Phi) is 5.52. The van der Waals surface area contributed by atoms with Crippen molar-refractivity contribution in [3.63, 3.8) is 0 Å². The Morgan fingerprint density at radius 1 is 1.00 bits per heavy atom. The van der Waals surface area contributed by atoms with Gasteiger partial charge >= 0.3 is 0 Å². The van der Waals surface area contributed by atoms with E-state index in [0.717, 1.165) is 43.0 Å². The summed E-state index contributed by atoms with van der Waals surface area (Å²) in [5.41, 5.74) is 1.58. The highest BCUT2D eigenvalue weighted by Gasteiger charge is 2.17. The number of hydrogen-bond donors (Lipinski definition) is 0. The number of alkyl halides is 2. The molecule has 0 saturated carbocycles. The molecule has 4 rings (SSSR count). The minimum absolute atomic E-state index is 0.286. The number of benzene rings is 1. The van der Waals surface area contributed by atoms with Crippen LogP contribution in [0.15, 0.2) is 42.6 Å². The molecule has 1 aromatic carbocycles. The molecule has 0 aliphatic carbocycles. The Bertz CT molecular complexity index is 936. The molecule has 1 saturated heterocycles. The summed E-state index contributed by atoms with van der Waals surface area (Å²) in [5, 5.41) is 4.61. The van der Waals surface area contributed by atoms with Crippen molar-refractivity contribution in [2.75, 3.05) is 18.0 Å². The van der Waals surface area contributed by atoms with Gasteiger partial charge in [-0.05, 0) is 43.0 Å². The van der Waals surface area contributed by atoms with Crippen LogP contribution in [-0.2, 0) is 6.42 Å². The van der Waals surface area contributed by atoms with E-state index in [9.17, 15) is 8.78 Å². The average molecular weight is 404 g/mol. The Balaban J connectivity index is 1.70. The van der Waals surface area contributed by atoms with Crippen molar-refractivity contribution < 1.29 is 8.78 Å². The zero-order valence-electron chi connectivity index (χ0n) is 15.2. The molecule has 0 N–H and O–H groups in total. The van der Waals surface area contributed by atoms with Crippen molar-refractivity contribution in [2.45, 2.75) is 32.1 Å². The molecule has 1 fully saturated rings. The highest BCUT2D eigenvalue weighted by molar-refractivity contribution is 6.30. The topological polar surface area (TPSA) is 46.8 Å². The summed E-state index contributed by atoms with van der Waals surface area (Å²) in [6.07, 6.45) is 2.88. The maximum absolute atomic E-state index is 12.9. The van der Waals surface area contributed by atoms with Gasteiger partial charge in [-0.15, -0.1) is 0 Å². The van der Waals surface area contributed by atoms with Crippen LogP contribution in [-0.4, -0.2) is 32.8 Å². The fraction of sp³-hybridized carbons (Fsp3) is 0.350. The van der Waals surface area contributed by atoms with Gasteiger partial charge < -0.3 is 4.90 Å². The first-order valence-corrected chi connectivity index (χ1v) is 9.68. The van der Waals surface area contributed by atoms with Crippen LogP contribution in [0.2, 0.25) is 5.02 Å². The van der Waals surface area contributed by atoms with E-state index in [0.29, 0.717) is 17.4 Å². The maximum Gasteiger partial charge on any atom is 0.282 e. The summed E-state index contributed by atoms with van der Waals surface area (Å²) in [7, 11) is 0. The summed E-state index contributed by atoms with van der Waals surface area (Å²) in [6.45, 7) is 1.86. The molecule has 1 aliphatic heterocycles. The lowest BCUT2D eigenvalue weighted by Crippen LogP contribution is -2.30. The molecule has 1 aliphatic rings. The predicted molar refractivity (Wildman–Crippen MR) is 104 cm³/mol. The van der Waals surface area contributed by atoms with Gasteiger partial charge in [0, 0.05) is 36.8 Å². The molecule has 3 aromatic rings. The van der Waals surface area contributed by atoms with Crippen molar-refractivity contribution in [1.82, 2.24) is 19.7 Å². The van der Waals surface area contributed by atoms with E-state index in [2.05, 4.69) is 20.0 Å². The Morgan fingerprint density at radius 2 is 1.75 bits per heavy atom. The molecule has 5 nitrogen and oxygen atoms in total. The Morgan fingerprint density at radius 3 is 2.43 bits per heavy atom. The third-order valence-electron chi connectivity index (χ3n) is 4.77. The molecule has 3 heterocycles. The lowest BCUT2D eigenvalue weighted by Gasteiger charge is -2.28. The van der Waals surface area contributed by atoms with E-state index < -0.39 is 6.43 Å². The molecular weight excluding hydrogens is 384 g/mol.